The third-order valence-electron chi connectivity index (χ3n) is 4.59. The number of hydrogen-bond donors (Lipinski definition) is 1. The van der Waals surface area contributed by atoms with Crippen LogP contribution in [0.3, 0.4) is 0 Å². The highest BCUT2D eigenvalue weighted by atomic mass is 16.1. The van der Waals surface area contributed by atoms with Gasteiger partial charge in [-0.2, -0.15) is 0 Å². The number of hydrogen-bond acceptors (Lipinski definition) is 2. The second-order valence-electron chi connectivity index (χ2n) is 7.36. The van der Waals surface area contributed by atoms with E-state index in [2.05, 4.69) is 19.2 Å². The van der Waals surface area contributed by atoms with E-state index in [1.165, 1.54) is 0 Å². The van der Waals surface area contributed by atoms with E-state index >= 15 is 0 Å². The van der Waals surface area contributed by atoms with Crippen LogP contribution in [-0.4, -0.2) is 18.2 Å². The Hall–Kier alpha value is -0.860. The number of nitrogens with one attached hydrogen (secondary N) is 1. The van der Waals surface area contributed by atoms with Gasteiger partial charge < -0.3 is 5.32 Å². The molecule has 1 aliphatic rings. The molecular weight excluding hydrogens is 262 g/mol. The molecule has 0 spiro atoms. The van der Waals surface area contributed by atoms with Crippen molar-refractivity contribution in [2.24, 2.45) is 23.7 Å². The van der Waals surface area contributed by atoms with Gasteiger partial charge in [-0.1, -0.05) is 34.1 Å². The summed E-state index contributed by atoms with van der Waals surface area (Å²) in [6.45, 7) is 9.16. The zero-order valence-corrected chi connectivity index (χ0v) is 14.3. The molecule has 1 rings (SSSR count). The van der Waals surface area contributed by atoms with Gasteiger partial charge in [0.25, 0.3) is 0 Å². The minimum Gasteiger partial charge on any atom is -0.356 e. The summed E-state index contributed by atoms with van der Waals surface area (Å²) >= 11 is 0. The molecule has 122 valence electrons. The highest BCUT2D eigenvalue weighted by Gasteiger charge is 2.27. The molecular formula is C18H33NO2. The highest BCUT2D eigenvalue weighted by molar-refractivity contribution is 5.82. The lowest BCUT2D eigenvalue weighted by Gasteiger charge is -2.28. The van der Waals surface area contributed by atoms with E-state index in [0.29, 0.717) is 24.0 Å². The Morgan fingerprint density at radius 2 is 1.67 bits per heavy atom. The molecule has 0 aromatic carbocycles. The van der Waals surface area contributed by atoms with Crippen molar-refractivity contribution in [3.05, 3.63) is 0 Å². The Labute approximate surface area is 130 Å². The van der Waals surface area contributed by atoms with Crippen molar-refractivity contribution in [3.63, 3.8) is 0 Å². The Balaban J connectivity index is 2.15. The van der Waals surface area contributed by atoms with Crippen molar-refractivity contribution >= 4 is 11.7 Å². The van der Waals surface area contributed by atoms with Crippen LogP contribution in [0.2, 0.25) is 0 Å². The predicted molar refractivity (Wildman–Crippen MR) is 87.0 cm³/mol. The molecule has 0 heterocycles. The Bertz CT molecular complexity index is 328. The summed E-state index contributed by atoms with van der Waals surface area (Å²) in [5.41, 5.74) is 0. The number of amides is 1. The first-order valence-corrected chi connectivity index (χ1v) is 8.70. The van der Waals surface area contributed by atoms with Gasteiger partial charge in [0.15, 0.2) is 0 Å². The fourth-order valence-electron chi connectivity index (χ4n) is 3.14. The van der Waals surface area contributed by atoms with Crippen LogP contribution in [0.1, 0.15) is 72.6 Å². The zero-order valence-electron chi connectivity index (χ0n) is 14.3. The average molecular weight is 295 g/mol. The summed E-state index contributed by atoms with van der Waals surface area (Å²) in [5, 5.41) is 3.07. The quantitative estimate of drug-likeness (QED) is 0.736. The first kappa shape index (κ1) is 18.2. The lowest BCUT2D eigenvalue weighted by Crippen LogP contribution is -2.33. The van der Waals surface area contributed by atoms with E-state index in [9.17, 15) is 9.59 Å². The van der Waals surface area contributed by atoms with Crippen molar-refractivity contribution in [3.8, 4) is 0 Å². The van der Waals surface area contributed by atoms with Crippen LogP contribution in [0.4, 0.5) is 0 Å². The van der Waals surface area contributed by atoms with Crippen molar-refractivity contribution in [1.82, 2.24) is 5.32 Å². The van der Waals surface area contributed by atoms with Gasteiger partial charge in [-0.25, -0.2) is 0 Å². The van der Waals surface area contributed by atoms with Gasteiger partial charge >= 0.3 is 0 Å². The van der Waals surface area contributed by atoms with Gasteiger partial charge in [-0.15, -0.1) is 0 Å². The van der Waals surface area contributed by atoms with Crippen molar-refractivity contribution in [2.45, 2.75) is 72.6 Å². The van der Waals surface area contributed by atoms with Gasteiger partial charge in [-0.3, -0.25) is 9.59 Å². The van der Waals surface area contributed by atoms with Crippen molar-refractivity contribution in [2.75, 3.05) is 6.54 Å². The van der Waals surface area contributed by atoms with E-state index in [1.807, 2.05) is 13.8 Å². The fourth-order valence-corrected chi connectivity index (χ4v) is 3.14. The van der Waals surface area contributed by atoms with Gasteiger partial charge in [0.2, 0.25) is 5.91 Å². The first-order valence-electron chi connectivity index (χ1n) is 8.70. The van der Waals surface area contributed by atoms with E-state index in [1.54, 1.807) is 0 Å². The molecule has 1 saturated carbocycles. The average Bonchev–Trinajstić information content (AvgIpc) is 2.44. The Morgan fingerprint density at radius 3 is 2.19 bits per heavy atom. The maximum absolute atomic E-state index is 12.0. The Morgan fingerprint density at radius 1 is 1.05 bits per heavy atom. The topological polar surface area (TPSA) is 46.2 Å². The van der Waals surface area contributed by atoms with Crippen LogP contribution >= 0.6 is 0 Å². The number of rotatable bonds is 8. The maximum atomic E-state index is 12.0. The second-order valence-corrected chi connectivity index (χ2v) is 7.36. The lowest BCUT2D eigenvalue weighted by molar-refractivity contribution is -0.127. The third kappa shape index (κ3) is 7.10. The number of carbonyl (C=O) groups excluding carboxylic acids is 2. The van der Waals surface area contributed by atoms with Crippen LogP contribution in [0.15, 0.2) is 0 Å². The molecule has 0 aliphatic heterocycles. The maximum Gasteiger partial charge on any atom is 0.220 e. The van der Waals surface area contributed by atoms with Gasteiger partial charge in [0.1, 0.15) is 5.78 Å². The molecule has 0 saturated heterocycles. The van der Waals surface area contributed by atoms with Gasteiger partial charge in [0, 0.05) is 24.8 Å². The zero-order chi connectivity index (χ0) is 15.8. The molecule has 1 aliphatic carbocycles. The van der Waals surface area contributed by atoms with Crippen molar-refractivity contribution < 1.29 is 9.59 Å². The van der Waals surface area contributed by atoms with Gasteiger partial charge in [-0.05, 0) is 43.9 Å². The second kappa shape index (κ2) is 9.22. The van der Waals surface area contributed by atoms with E-state index in [0.717, 1.165) is 45.1 Å². The third-order valence-corrected chi connectivity index (χ3v) is 4.59. The molecule has 0 aromatic rings. The normalized spacial score (nSPS) is 22.6. The predicted octanol–water partition coefficient (Wildman–Crippen LogP) is 3.96. The molecule has 0 atom stereocenters. The number of Topliss-reactive ketones (excluding diaryl/α,β-unsaturated/α-hetero) is 1. The highest BCUT2D eigenvalue weighted by Crippen LogP contribution is 2.30. The lowest BCUT2D eigenvalue weighted by atomic mass is 9.78. The molecule has 0 radical (unpaired) electrons. The van der Waals surface area contributed by atoms with Crippen molar-refractivity contribution in [1.29, 1.82) is 0 Å². The summed E-state index contributed by atoms with van der Waals surface area (Å²) < 4.78 is 0. The largest absolute Gasteiger partial charge is 0.356 e. The SMILES string of the molecule is CC(C)CCCC(=O)NCC1CCC(C(=O)C(C)C)CC1. The summed E-state index contributed by atoms with van der Waals surface area (Å²) in [5.74, 6) is 2.28. The summed E-state index contributed by atoms with van der Waals surface area (Å²) in [6, 6.07) is 0. The molecule has 3 nitrogen and oxygen atoms in total. The minimum atomic E-state index is 0.159. The summed E-state index contributed by atoms with van der Waals surface area (Å²) in [6.07, 6.45) is 6.93. The summed E-state index contributed by atoms with van der Waals surface area (Å²) in [7, 11) is 0. The Kier molecular flexibility index (Phi) is 7.98. The monoisotopic (exact) mass is 295 g/mol. The fraction of sp³-hybridized carbons (Fsp3) is 0.889. The first-order chi connectivity index (χ1) is 9.90. The van der Waals surface area contributed by atoms with E-state index in [-0.39, 0.29) is 17.7 Å². The molecule has 1 N–H and O–H groups in total. The summed E-state index contributed by atoms with van der Waals surface area (Å²) in [4.78, 5) is 23.7. The molecule has 0 bridgehead atoms. The van der Waals surface area contributed by atoms with Crippen LogP contribution in [-0.2, 0) is 9.59 Å². The standard InChI is InChI=1S/C18H33NO2/c1-13(2)6-5-7-17(20)19-12-15-8-10-16(11-9-15)18(21)14(3)4/h13-16H,5-12H2,1-4H3,(H,19,20). The molecule has 21 heavy (non-hydrogen) atoms. The molecule has 0 aromatic heterocycles. The molecule has 3 heteroatoms. The van der Waals surface area contributed by atoms with Crippen LogP contribution < -0.4 is 5.32 Å². The molecule has 0 unspecified atom stereocenters. The van der Waals surface area contributed by atoms with Crippen LogP contribution in [0.5, 0.6) is 0 Å². The van der Waals surface area contributed by atoms with E-state index in [4.69, 9.17) is 0 Å². The minimum absolute atomic E-state index is 0.159. The molecule has 1 fully saturated rings. The number of ketones is 1. The van der Waals surface area contributed by atoms with Gasteiger partial charge in [0.05, 0.1) is 0 Å². The number of carbonyl (C=O) groups is 2. The van der Waals surface area contributed by atoms with E-state index < -0.39 is 0 Å². The smallest absolute Gasteiger partial charge is 0.220 e. The molecule has 1 amide bonds. The van der Waals surface area contributed by atoms with Crippen LogP contribution in [0.25, 0.3) is 0 Å². The van der Waals surface area contributed by atoms with Crippen LogP contribution in [0, 0.1) is 23.7 Å².